The molecule has 2 atom stereocenters. The topological polar surface area (TPSA) is 50.9 Å². The molecule has 1 N–H and O–H groups in total. The molecule has 0 bridgehead atoms. The predicted octanol–water partition coefficient (Wildman–Crippen LogP) is 2.66. The van der Waals surface area contributed by atoms with Gasteiger partial charge in [0.25, 0.3) is 0 Å². The van der Waals surface area contributed by atoms with Crippen LogP contribution in [0.3, 0.4) is 0 Å². The molecule has 1 heterocycles. The third kappa shape index (κ3) is 2.06. The molecule has 2 unspecified atom stereocenters. The smallest absolute Gasteiger partial charge is 0.130 e. The summed E-state index contributed by atoms with van der Waals surface area (Å²) in [5.74, 6) is 0.426. The van der Waals surface area contributed by atoms with E-state index in [0.717, 1.165) is 17.5 Å². The molecule has 2 aromatic rings. The van der Waals surface area contributed by atoms with Gasteiger partial charge < -0.3 is 5.11 Å². The maximum Gasteiger partial charge on any atom is 0.130 e. The highest BCUT2D eigenvalue weighted by molar-refractivity contribution is 5.73. The first kappa shape index (κ1) is 13.1. The van der Waals surface area contributed by atoms with E-state index in [4.69, 9.17) is 0 Å². The Labute approximate surface area is 118 Å². The van der Waals surface area contributed by atoms with Crippen LogP contribution in [-0.2, 0) is 5.54 Å². The van der Waals surface area contributed by atoms with Gasteiger partial charge in [-0.3, -0.25) is 0 Å². The van der Waals surface area contributed by atoms with Crippen LogP contribution in [0.4, 0.5) is 0 Å². The van der Waals surface area contributed by atoms with Gasteiger partial charge in [-0.2, -0.15) is 15.0 Å². The summed E-state index contributed by atoms with van der Waals surface area (Å²) in [6.45, 7) is 4.29. The number of fused-ring (bicyclic) bond motifs is 1. The molecule has 0 amide bonds. The average molecular weight is 269 g/mol. The molecular weight excluding hydrogens is 250 g/mol. The van der Waals surface area contributed by atoms with Crippen molar-refractivity contribution in [2.24, 2.45) is 5.92 Å². The number of benzene rings is 1. The molecule has 1 aliphatic carbocycles. The molecule has 4 heteroatoms. The van der Waals surface area contributed by atoms with Gasteiger partial charge in [0.15, 0.2) is 0 Å². The SMILES string of the molecule is CC(C)CC1(n2nc3ccccc3n2)C=CC=CC1O. The van der Waals surface area contributed by atoms with E-state index in [1.165, 1.54) is 0 Å². The minimum Gasteiger partial charge on any atom is -0.386 e. The number of rotatable bonds is 3. The Balaban J connectivity index is 2.13. The van der Waals surface area contributed by atoms with Gasteiger partial charge in [-0.05, 0) is 24.5 Å². The van der Waals surface area contributed by atoms with Gasteiger partial charge in [0.05, 0.1) is 0 Å². The van der Waals surface area contributed by atoms with E-state index in [2.05, 4.69) is 24.0 Å². The van der Waals surface area contributed by atoms with Crippen molar-refractivity contribution in [2.75, 3.05) is 0 Å². The van der Waals surface area contributed by atoms with Crippen molar-refractivity contribution < 1.29 is 5.11 Å². The molecule has 0 aliphatic heterocycles. The quantitative estimate of drug-likeness (QED) is 0.932. The molecule has 0 saturated heterocycles. The first-order valence-corrected chi connectivity index (χ1v) is 6.98. The van der Waals surface area contributed by atoms with Crippen molar-refractivity contribution in [3.8, 4) is 0 Å². The summed E-state index contributed by atoms with van der Waals surface area (Å²) >= 11 is 0. The Hall–Kier alpha value is -1.94. The minimum atomic E-state index is -0.614. The standard InChI is InChI=1S/C16H19N3O/c1-12(2)11-16(10-6-5-9-15(16)20)19-17-13-7-3-4-8-14(13)18-19/h3-10,12,15,20H,11H2,1-2H3. The summed E-state index contributed by atoms with van der Waals surface area (Å²) in [6.07, 6.45) is 7.81. The Morgan fingerprint density at radius 3 is 2.40 bits per heavy atom. The van der Waals surface area contributed by atoms with Crippen molar-refractivity contribution in [1.82, 2.24) is 15.0 Å². The normalized spacial score (nSPS) is 25.7. The molecule has 1 aromatic heterocycles. The Kier molecular flexibility index (Phi) is 3.18. The summed E-state index contributed by atoms with van der Waals surface area (Å²) in [5.41, 5.74) is 1.11. The molecule has 0 fully saturated rings. The average Bonchev–Trinajstić information content (AvgIpc) is 2.85. The van der Waals surface area contributed by atoms with E-state index < -0.39 is 11.6 Å². The van der Waals surface area contributed by atoms with Crippen LogP contribution in [-0.4, -0.2) is 26.2 Å². The third-order valence-electron chi connectivity index (χ3n) is 3.70. The second-order valence-electron chi connectivity index (χ2n) is 5.76. The molecular formula is C16H19N3O. The van der Waals surface area contributed by atoms with Crippen LogP contribution in [0.2, 0.25) is 0 Å². The van der Waals surface area contributed by atoms with Crippen molar-refractivity contribution in [2.45, 2.75) is 31.9 Å². The number of aliphatic hydroxyl groups is 1. The minimum absolute atomic E-state index is 0.426. The molecule has 1 aromatic carbocycles. The highest BCUT2D eigenvalue weighted by Gasteiger charge is 2.40. The van der Waals surface area contributed by atoms with Gasteiger partial charge in [-0.1, -0.05) is 50.3 Å². The predicted molar refractivity (Wildman–Crippen MR) is 79.2 cm³/mol. The number of nitrogens with zero attached hydrogens (tertiary/aromatic N) is 3. The van der Waals surface area contributed by atoms with E-state index in [-0.39, 0.29) is 0 Å². The maximum atomic E-state index is 10.5. The fraction of sp³-hybridized carbons (Fsp3) is 0.375. The fourth-order valence-electron chi connectivity index (χ4n) is 2.81. The number of hydrogen-bond donors (Lipinski definition) is 1. The Bertz CT molecular complexity index is 638. The zero-order valence-electron chi connectivity index (χ0n) is 11.8. The van der Waals surface area contributed by atoms with Gasteiger partial charge in [0, 0.05) is 0 Å². The molecule has 3 rings (SSSR count). The summed E-state index contributed by atoms with van der Waals surface area (Å²) in [5, 5.41) is 19.7. The molecule has 104 valence electrons. The first-order chi connectivity index (χ1) is 9.62. The van der Waals surface area contributed by atoms with E-state index in [0.29, 0.717) is 5.92 Å². The Morgan fingerprint density at radius 2 is 1.85 bits per heavy atom. The van der Waals surface area contributed by atoms with Gasteiger partial charge in [-0.15, -0.1) is 0 Å². The van der Waals surface area contributed by atoms with Gasteiger partial charge in [0.1, 0.15) is 22.7 Å². The zero-order chi connectivity index (χ0) is 14.2. The first-order valence-electron chi connectivity index (χ1n) is 6.98. The molecule has 0 radical (unpaired) electrons. The number of allylic oxidation sites excluding steroid dienone is 2. The van der Waals surface area contributed by atoms with E-state index >= 15 is 0 Å². The zero-order valence-corrected chi connectivity index (χ0v) is 11.8. The van der Waals surface area contributed by atoms with Crippen molar-refractivity contribution in [3.63, 3.8) is 0 Å². The lowest BCUT2D eigenvalue weighted by Gasteiger charge is -2.36. The van der Waals surface area contributed by atoms with Crippen molar-refractivity contribution >= 4 is 11.0 Å². The van der Waals surface area contributed by atoms with Gasteiger partial charge in [-0.25, -0.2) is 0 Å². The van der Waals surface area contributed by atoms with E-state index in [1.54, 1.807) is 10.9 Å². The van der Waals surface area contributed by atoms with E-state index in [1.807, 2.05) is 42.5 Å². The second-order valence-corrected chi connectivity index (χ2v) is 5.76. The molecule has 1 aliphatic rings. The van der Waals surface area contributed by atoms with Crippen LogP contribution in [0.1, 0.15) is 20.3 Å². The van der Waals surface area contributed by atoms with Crippen LogP contribution in [0.15, 0.2) is 48.6 Å². The molecule has 20 heavy (non-hydrogen) atoms. The lowest BCUT2D eigenvalue weighted by atomic mass is 9.81. The van der Waals surface area contributed by atoms with Crippen molar-refractivity contribution in [3.05, 3.63) is 48.6 Å². The highest BCUT2D eigenvalue weighted by atomic mass is 16.3. The van der Waals surface area contributed by atoms with Crippen LogP contribution < -0.4 is 0 Å². The summed E-state index contributed by atoms with van der Waals surface area (Å²) < 4.78 is 0. The van der Waals surface area contributed by atoms with Crippen LogP contribution >= 0.6 is 0 Å². The fourth-order valence-corrected chi connectivity index (χ4v) is 2.81. The Morgan fingerprint density at radius 1 is 1.20 bits per heavy atom. The van der Waals surface area contributed by atoms with Crippen LogP contribution in [0.25, 0.3) is 11.0 Å². The van der Waals surface area contributed by atoms with Crippen LogP contribution in [0, 0.1) is 5.92 Å². The van der Waals surface area contributed by atoms with Gasteiger partial charge >= 0.3 is 0 Å². The van der Waals surface area contributed by atoms with Crippen LogP contribution in [0.5, 0.6) is 0 Å². The summed E-state index contributed by atoms with van der Waals surface area (Å²) in [7, 11) is 0. The maximum absolute atomic E-state index is 10.5. The number of aliphatic hydroxyl groups excluding tert-OH is 1. The molecule has 0 spiro atoms. The lowest BCUT2D eigenvalue weighted by Crippen LogP contribution is -2.46. The van der Waals surface area contributed by atoms with E-state index in [9.17, 15) is 5.11 Å². The van der Waals surface area contributed by atoms with Gasteiger partial charge in [0.2, 0.25) is 0 Å². The third-order valence-corrected chi connectivity index (χ3v) is 3.70. The number of aromatic nitrogens is 3. The molecule has 0 saturated carbocycles. The lowest BCUT2D eigenvalue weighted by molar-refractivity contribution is 0.0667. The largest absolute Gasteiger partial charge is 0.386 e. The summed E-state index contributed by atoms with van der Waals surface area (Å²) in [6, 6.07) is 7.78. The second kappa shape index (κ2) is 4.87. The number of hydrogen-bond acceptors (Lipinski definition) is 3. The molecule has 4 nitrogen and oxygen atoms in total. The summed E-state index contributed by atoms with van der Waals surface area (Å²) in [4.78, 5) is 1.68. The monoisotopic (exact) mass is 269 g/mol. The highest BCUT2D eigenvalue weighted by Crippen LogP contribution is 2.33. The van der Waals surface area contributed by atoms with Crippen molar-refractivity contribution in [1.29, 1.82) is 0 Å².